The van der Waals surface area contributed by atoms with Gasteiger partial charge in [-0.15, -0.1) is 0 Å². The van der Waals surface area contributed by atoms with Gasteiger partial charge in [0.05, 0.1) is 24.4 Å². The quantitative estimate of drug-likeness (QED) is 0.223. The van der Waals surface area contributed by atoms with E-state index < -0.39 is 0 Å². The van der Waals surface area contributed by atoms with Crippen molar-refractivity contribution in [2.75, 3.05) is 13.7 Å². The number of benzene rings is 3. The van der Waals surface area contributed by atoms with Gasteiger partial charge in [0.2, 0.25) is 0 Å². The third kappa shape index (κ3) is 6.96. The Hall–Kier alpha value is -2.55. The average molecular weight is 597 g/mol. The molecule has 172 valence electrons. The van der Waals surface area contributed by atoms with Gasteiger partial charge < -0.3 is 14.2 Å². The second kappa shape index (κ2) is 12.1. The van der Waals surface area contributed by atoms with Crippen LogP contribution >= 0.6 is 43.5 Å². The predicted octanol–water partition coefficient (Wildman–Crippen LogP) is 6.62. The van der Waals surface area contributed by atoms with Crippen LogP contribution in [0.2, 0.25) is 5.02 Å². The first kappa shape index (κ1) is 25.1. The first-order valence-corrected chi connectivity index (χ1v) is 11.9. The third-order valence-electron chi connectivity index (χ3n) is 4.40. The number of nitrogens with zero attached hydrogens (tertiary/aromatic N) is 1. The largest absolute Gasteiger partial charge is 0.493 e. The Balaban J connectivity index is 1.75. The lowest BCUT2D eigenvalue weighted by atomic mass is 10.2. The molecule has 0 aliphatic rings. The summed E-state index contributed by atoms with van der Waals surface area (Å²) in [5.41, 5.74) is 4.52. The number of carbonyl (C=O) groups is 1. The molecule has 1 N–H and O–H groups in total. The topological polar surface area (TPSA) is 69.2 Å². The molecule has 6 nitrogen and oxygen atoms in total. The molecular weight excluding hydrogens is 576 g/mol. The van der Waals surface area contributed by atoms with Crippen molar-refractivity contribution in [1.82, 2.24) is 5.43 Å². The Labute approximate surface area is 214 Å². The molecule has 0 spiro atoms. The van der Waals surface area contributed by atoms with Crippen LogP contribution in [0.5, 0.6) is 17.2 Å². The summed E-state index contributed by atoms with van der Waals surface area (Å²) in [6.45, 7) is 2.63. The van der Waals surface area contributed by atoms with Crippen LogP contribution in [0.3, 0.4) is 0 Å². The maximum atomic E-state index is 12.6. The molecule has 1 amide bonds. The number of hydrogen-bond acceptors (Lipinski definition) is 5. The number of nitrogens with one attached hydrogen (secondary N) is 1. The maximum Gasteiger partial charge on any atom is 0.271 e. The molecule has 33 heavy (non-hydrogen) atoms. The van der Waals surface area contributed by atoms with Crippen molar-refractivity contribution in [3.63, 3.8) is 0 Å². The van der Waals surface area contributed by atoms with E-state index in [1.165, 1.54) is 6.21 Å². The summed E-state index contributed by atoms with van der Waals surface area (Å²) < 4.78 is 18.4. The van der Waals surface area contributed by atoms with Gasteiger partial charge in [-0.1, -0.05) is 39.7 Å². The Morgan fingerprint density at radius 2 is 1.91 bits per heavy atom. The molecule has 3 aromatic rings. The molecule has 0 radical (unpaired) electrons. The average Bonchev–Trinajstić information content (AvgIpc) is 2.78. The molecule has 0 saturated heterocycles. The van der Waals surface area contributed by atoms with Crippen LogP contribution < -0.4 is 19.6 Å². The van der Waals surface area contributed by atoms with Crippen molar-refractivity contribution in [3.8, 4) is 17.2 Å². The normalized spacial score (nSPS) is 10.8. The van der Waals surface area contributed by atoms with Gasteiger partial charge in [-0.05, 0) is 70.9 Å². The summed E-state index contributed by atoms with van der Waals surface area (Å²) in [6, 6.07) is 16.1. The highest BCUT2D eigenvalue weighted by Crippen LogP contribution is 2.33. The molecule has 0 aliphatic heterocycles. The molecule has 3 aromatic carbocycles. The van der Waals surface area contributed by atoms with E-state index in [-0.39, 0.29) is 5.91 Å². The lowest BCUT2D eigenvalue weighted by Crippen LogP contribution is -2.17. The lowest BCUT2D eigenvalue weighted by Gasteiger charge is -2.12. The maximum absolute atomic E-state index is 12.6. The van der Waals surface area contributed by atoms with Crippen molar-refractivity contribution >= 4 is 55.6 Å². The molecule has 0 aliphatic carbocycles. The highest BCUT2D eigenvalue weighted by atomic mass is 79.9. The number of ether oxygens (including phenoxy) is 3. The van der Waals surface area contributed by atoms with Crippen molar-refractivity contribution < 1.29 is 19.0 Å². The molecule has 3 rings (SSSR count). The highest BCUT2D eigenvalue weighted by Gasteiger charge is 2.12. The van der Waals surface area contributed by atoms with Crippen molar-refractivity contribution in [1.29, 1.82) is 0 Å². The number of carbonyl (C=O) groups excluding carboxylic acids is 1. The van der Waals surface area contributed by atoms with Crippen LogP contribution in [0.4, 0.5) is 0 Å². The lowest BCUT2D eigenvalue weighted by molar-refractivity contribution is 0.0954. The van der Waals surface area contributed by atoms with Gasteiger partial charge in [0.15, 0.2) is 11.5 Å². The summed E-state index contributed by atoms with van der Waals surface area (Å²) in [4.78, 5) is 12.6. The molecule has 0 fully saturated rings. The Kier molecular flexibility index (Phi) is 9.17. The summed E-state index contributed by atoms with van der Waals surface area (Å²) in [5, 5.41) is 4.75. The minimum absolute atomic E-state index is 0.319. The third-order valence-corrected chi connectivity index (χ3v) is 5.69. The summed E-state index contributed by atoms with van der Waals surface area (Å²) in [6.07, 6.45) is 1.52. The zero-order valence-electron chi connectivity index (χ0n) is 17.9. The monoisotopic (exact) mass is 594 g/mol. The van der Waals surface area contributed by atoms with Crippen LogP contribution in [0.15, 0.2) is 68.6 Å². The Bertz CT molecular complexity index is 1170. The van der Waals surface area contributed by atoms with E-state index in [1.54, 1.807) is 25.3 Å². The minimum atomic E-state index is -0.384. The standard InChI is InChI=1S/C24H21Br2ClN2O4/c1-3-32-22-11-16(7-8-21(22)31-2)24(30)29-28-13-17-10-18(25)12-20(26)23(17)33-14-15-5-4-6-19(27)9-15/h4-13H,3,14H2,1-2H3,(H,29,30)/b28-13+. The number of rotatable bonds is 9. The summed E-state index contributed by atoms with van der Waals surface area (Å²) in [7, 11) is 1.55. The smallest absolute Gasteiger partial charge is 0.271 e. The number of halogens is 3. The first-order chi connectivity index (χ1) is 15.9. The molecular formula is C24H21Br2ClN2O4. The van der Waals surface area contributed by atoms with Crippen molar-refractivity contribution in [2.24, 2.45) is 5.10 Å². The van der Waals surface area contributed by atoms with E-state index in [0.29, 0.717) is 46.6 Å². The van der Waals surface area contributed by atoms with E-state index in [9.17, 15) is 4.79 Å². The number of amides is 1. The zero-order chi connectivity index (χ0) is 23.8. The molecule has 9 heteroatoms. The van der Waals surface area contributed by atoms with Gasteiger partial charge in [0.1, 0.15) is 12.4 Å². The minimum Gasteiger partial charge on any atom is -0.493 e. The molecule has 0 aromatic heterocycles. The Morgan fingerprint density at radius 1 is 1.09 bits per heavy atom. The first-order valence-electron chi connectivity index (χ1n) is 9.91. The fourth-order valence-corrected chi connectivity index (χ4v) is 4.51. The molecule has 0 bridgehead atoms. The van der Waals surface area contributed by atoms with E-state index >= 15 is 0 Å². The molecule has 0 heterocycles. The van der Waals surface area contributed by atoms with Gasteiger partial charge in [0, 0.05) is 20.6 Å². The van der Waals surface area contributed by atoms with Crippen LogP contribution in [-0.2, 0) is 6.61 Å². The van der Waals surface area contributed by atoms with Crippen molar-refractivity contribution in [3.05, 3.63) is 85.3 Å². The fraction of sp³-hybridized carbons (Fsp3) is 0.167. The van der Waals surface area contributed by atoms with Gasteiger partial charge in [0.25, 0.3) is 5.91 Å². The SMILES string of the molecule is CCOc1cc(C(=O)N/N=C/c2cc(Br)cc(Br)c2OCc2cccc(Cl)c2)ccc1OC. The van der Waals surface area contributed by atoms with Gasteiger partial charge >= 0.3 is 0 Å². The van der Waals surface area contributed by atoms with E-state index in [0.717, 1.165) is 14.5 Å². The zero-order valence-corrected chi connectivity index (χ0v) is 21.8. The second-order valence-corrected chi connectivity index (χ2v) is 8.93. The summed E-state index contributed by atoms with van der Waals surface area (Å²) >= 11 is 13.0. The Morgan fingerprint density at radius 3 is 2.64 bits per heavy atom. The second-order valence-electron chi connectivity index (χ2n) is 6.72. The fourth-order valence-electron chi connectivity index (χ4n) is 2.92. The number of methoxy groups -OCH3 is 1. The molecule has 0 atom stereocenters. The summed E-state index contributed by atoms with van der Waals surface area (Å²) in [5.74, 6) is 1.24. The highest BCUT2D eigenvalue weighted by molar-refractivity contribution is 9.11. The predicted molar refractivity (Wildman–Crippen MR) is 137 cm³/mol. The van der Waals surface area contributed by atoms with Crippen LogP contribution in [-0.4, -0.2) is 25.8 Å². The molecule has 0 unspecified atom stereocenters. The number of hydrazone groups is 1. The van der Waals surface area contributed by atoms with Gasteiger partial charge in [-0.25, -0.2) is 5.43 Å². The van der Waals surface area contributed by atoms with Crippen LogP contribution in [0, 0.1) is 0 Å². The number of hydrogen-bond donors (Lipinski definition) is 1. The van der Waals surface area contributed by atoms with E-state index in [2.05, 4.69) is 42.4 Å². The van der Waals surface area contributed by atoms with E-state index in [1.807, 2.05) is 43.3 Å². The van der Waals surface area contributed by atoms with Crippen LogP contribution in [0.25, 0.3) is 0 Å². The van der Waals surface area contributed by atoms with Crippen molar-refractivity contribution in [2.45, 2.75) is 13.5 Å². The van der Waals surface area contributed by atoms with E-state index in [4.69, 9.17) is 25.8 Å². The van der Waals surface area contributed by atoms with Gasteiger partial charge in [-0.2, -0.15) is 5.10 Å². The molecule has 0 saturated carbocycles. The van der Waals surface area contributed by atoms with Gasteiger partial charge in [-0.3, -0.25) is 4.79 Å². The van der Waals surface area contributed by atoms with Crippen LogP contribution in [0.1, 0.15) is 28.4 Å².